The number of carbonyl (C=O) groups is 1. The minimum atomic E-state index is -0.610. The molecule has 0 spiro atoms. The van der Waals surface area contributed by atoms with Crippen LogP contribution in [0.3, 0.4) is 0 Å². The third kappa shape index (κ3) is 3.37. The number of anilines is 1. The smallest absolute Gasteiger partial charge is 0.326 e. The predicted octanol–water partition coefficient (Wildman–Crippen LogP) is 3.81. The quantitative estimate of drug-likeness (QED) is 0.778. The fourth-order valence-electron chi connectivity index (χ4n) is 5.63. The van der Waals surface area contributed by atoms with E-state index >= 15 is 0 Å². The SMILES string of the molecule is CCCN1CC(c2cccc3c2OC(C)(C)C3)(N2CCNCC2)N(c2ccccc2)C1=O. The summed E-state index contributed by atoms with van der Waals surface area (Å²) in [4.78, 5) is 20.5. The fourth-order valence-corrected chi connectivity index (χ4v) is 5.63. The van der Waals surface area contributed by atoms with Crippen molar-refractivity contribution >= 4 is 11.7 Å². The molecule has 1 atom stereocenters. The summed E-state index contributed by atoms with van der Waals surface area (Å²) in [7, 11) is 0. The Kier molecular flexibility index (Phi) is 5.38. The van der Waals surface area contributed by atoms with Crippen molar-refractivity contribution in [1.29, 1.82) is 0 Å². The zero-order valence-electron chi connectivity index (χ0n) is 19.4. The first-order valence-corrected chi connectivity index (χ1v) is 11.9. The Hall–Kier alpha value is -2.57. The molecule has 3 aliphatic heterocycles. The molecule has 2 amide bonds. The van der Waals surface area contributed by atoms with Crippen molar-refractivity contribution < 1.29 is 9.53 Å². The molecule has 1 N–H and O–H groups in total. The highest BCUT2D eigenvalue weighted by molar-refractivity contribution is 5.96. The summed E-state index contributed by atoms with van der Waals surface area (Å²) in [6.45, 7) is 11.4. The number of para-hydroxylation sites is 2. The van der Waals surface area contributed by atoms with E-state index in [9.17, 15) is 4.79 Å². The highest BCUT2D eigenvalue weighted by Gasteiger charge is 2.57. The molecule has 32 heavy (non-hydrogen) atoms. The van der Waals surface area contributed by atoms with Crippen LogP contribution < -0.4 is 15.0 Å². The van der Waals surface area contributed by atoms with Gasteiger partial charge in [-0.1, -0.05) is 43.3 Å². The Labute approximate surface area is 191 Å². The summed E-state index contributed by atoms with van der Waals surface area (Å²) in [5.74, 6) is 0.961. The van der Waals surface area contributed by atoms with Crippen molar-refractivity contribution in [2.75, 3.05) is 44.2 Å². The first-order chi connectivity index (χ1) is 15.5. The van der Waals surface area contributed by atoms with Gasteiger partial charge in [-0.15, -0.1) is 0 Å². The second-order valence-electron chi connectivity index (χ2n) is 9.76. The summed E-state index contributed by atoms with van der Waals surface area (Å²) in [5.41, 5.74) is 2.42. The third-order valence-electron chi connectivity index (χ3n) is 6.91. The number of urea groups is 1. The van der Waals surface area contributed by atoms with Gasteiger partial charge in [0.05, 0.1) is 6.54 Å². The molecule has 1 unspecified atom stereocenters. The number of benzene rings is 2. The van der Waals surface area contributed by atoms with Gasteiger partial charge in [0.25, 0.3) is 0 Å². The van der Waals surface area contributed by atoms with E-state index in [0.717, 1.165) is 62.6 Å². The normalized spacial score (nSPS) is 25.2. The average Bonchev–Trinajstić information content (AvgIpc) is 3.28. The van der Waals surface area contributed by atoms with Gasteiger partial charge in [-0.3, -0.25) is 9.80 Å². The van der Waals surface area contributed by atoms with E-state index in [4.69, 9.17) is 4.74 Å². The van der Waals surface area contributed by atoms with Crippen LogP contribution in [0.1, 0.15) is 38.3 Å². The molecular formula is C26H34N4O2. The van der Waals surface area contributed by atoms with E-state index in [1.807, 2.05) is 28.0 Å². The molecule has 0 aliphatic carbocycles. The maximum Gasteiger partial charge on any atom is 0.326 e. The summed E-state index contributed by atoms with van der Waals surface area (Å²) < 4.78 is 6.57. The van der Waals surface area contributed by atoms with Crippen LogP contribution in [0.5, 0.6) is 5.75 Å². The van der Waals surface area contributed by atoms with Crippen LogP contribution in [-0.2, 0) is 12.1 Å². The van der Waals surface area contributed by atoms with Crippen LogP contribution in [0, 0.1) is 0 Å². The Morgan fingerprint density at radius 3 is 2.50 bits per heavy atom. The number of nitrogens with zero attached hydrogens (tertiary/aromatic N) is 3. The van der Waals surface area contributed by atoms with Gasteiger partial charge in [0.1, 0.15) is 11.4 Å². The summed E-state index contributed by atoms with van der Waals surface area (Å²) in [6.07, 6.45) is 1.81. The standard InChI is InChI=1S/C26H34N4O2/c1-4-15-28-19-26(29-16-13-27-14-17-29,30(24(28)31)21-10-6-5-7-11-21)22-12-8-9-20-18-25(2,3)32-23(20)22/h5-12,27H,4,13-19H2,1-3H3. The lowest BCUT2D eigenvalue weighted by molar-refractivity contribution is 0.0698. The molecule has 2 fully saturated rings. The molecular weight excluding hydrogens is 400 g/mol. The van der Waals surface area contributed by atoms with Gasteiger partial charge in [-0.25, -0.2) is 4.79 Å². The number of hydrogen-bond acceptors (Lipinski definition) is 4. The first-order valence-electron chi connectivity index (χ1n) is 11.9. The molecule has 2 saturated heterocycles. The number of ether oxygens (including phenoxy) is 1. The zero-order chi connectivity index (χ0) is 22.3. The number of rotatable bonds is 5. The minimum absolute atomic E-state index is 0.0754. The first kappa shape index (κ1) is 21.3. The Morgan fingerprint density at radius 1 is 1.03 bits per heavy atom. The van der Waals surface area contributed by atoms with Crippen LogP contribution >= 0.6 is 0 Å². The number of nitrogens with one attached hydrogen (secondary N) is 1. The molecule has 3 heterocycles. The van der Waals surface area contributed by atoms with E-state index in [-0.39, 0.29) is 11.6 Å². The van der Waals surface area contributed by atoms with Gasteiger partial charge in [-0.05, 0) is 38.0 Å². The van der Waals surface area contributed by atoms with Crippen molar-refractivity contribution in [2.45, 2.75) is 44.9 Å². The van der Waals surface area contributed by atoms with E-state index in [1.54, 1.807) is 0 Å². The van der Waals surface area contributed by atoms with Gasteiger partial charge >= 0.3 is 6.03 Å². The highest BCUT2D eigenvalue weighted by Crippen LogP contribution is 2.49. The summed E-state index contributed by atoms with van der Waals surface area (Å²) >= 11 is 0. The van der Waals surface area contributed by atoms with Crippen molar-refractivity contribution in [3.05, 3.63) is 59.7 Å². The van der Waals surface area contributed by atoms with E-state index < -0.39 is 5.66 Å². The van der Waals surface area contributed by atoms with Crippen LogP contribution in [-0.4, -0.2) is 60.7 Å². The molecule has 0 saturated carbocycles. The van der Waals surface area contributed by atoms with Crippen molar-refractivity contribution in [3.63, 3.8) is 0 Å². The summed E-state index contributed by atoms with van der Waals surface area (Å²) in [6, 6.07) is 16.7. The molecule has 6 nitrogen and oxygen atoms in total. The Balaban J connectivity index is 1.74. The second-order valence-corrected chi connectivity index (χ2v) is 9.76. The van der Waals surface area contributed by atoms with Crippen LogP contribution in [0.4, 0.5) is 10.5 Å². The number of hydrogen-bond donors (Lipinski definition) is 1. The molecule has 3 aliphatic rings. The number of amides is 2. The van der Waals surface area contributed by atoms with E-state index in [0.29, 0.717) is 6.54 Å². The fraction of sp³-hybridized carbons (Fsp3) is 0.500. The molecule has 2 aromatic rings. The number of piperazine rings is 1. The highest BCUT2D eigenvalue weighted by atomic mass is 16.5. The Morgan fingerprint density at radius 2 is 1.78 bits per heavy atom. The van der Waals surface area contributed by atoms with Crippen molar-refractivity contribution in [3.8, 4) is 5.75 Å². The lowest BCUT2D eigenvalue weighted by atomic mass is 9.91. The lowest BCUT2D eigenvalue weighted by Crippen LogP contribution is -2.62. The topological polar surface area (TPSA) is 48.1 Å². The molecule has 0 aromatic heterocycles. The lowest BCUT2D eigenvalue weighted by Gasteiger charge is -2.48. The van der Waals surface area contributed by atoms with Gasteiger partial charge in [-0.2, -0.15) is 0 Å². The molecule has 0 radical (unpaired) electrons. The van der Waals surface area contributed by atoms with Gasteiger partial charge < -0.3 is 15.0 Å². The number of carbonyl (C=O) groups excluding carboxylic acids is 1. The van der Waals surface area contributed by atoms with Gasteiger partial charge in [0.15, 0.2) is 5.66 Å². The molecule has 5 rings (SSSR count). The van der Waals surface area contributed by atoms with Gasteiger partial charge in [0.2, 0.25) is 0 Å². The summed E-state index contributed by atoms with van der Waals surface area (Å²) in [5, 5.41) is 3.48. The van der Waals surface area contributed by atoms with Gasteiger partial charge in [0, 0.05) is 50.4 Å². The van der Waals surface area contributed by atoms with Crippen molar-refractivity contribution in [2.24, 2.45) is 0 Å². The van der Waals surface area contributed by atoms with E-state index in [2.05, 4.69) is 61.3 Å². The van der Waals surface area contributed by atoms with Crippen LogP contribution in [0.2, 0.25) is 0 Å². The zero-order valence-corrected chi connectivity index (χ0v) is 19.4. The molecule has 0 bridgehead atoms. The maximum atomic E-state index is 13.9. The Bertz CT molecular complexity index is 987. The third-order valence-corrected chi connectivity index (χ3v) is 6.91. The molecule has 6 heteroatoms. The van der Waals surface area contributed by atoms with Crippen LogP contribution in [0.15, 0.2) is 48.5 Å². The minimum Gasteiger partial charge on any atom is -0.487 e. The number of fused-ring (bicyclic) bond motifs is 1. The van der Waals surface area contributed by atoms with E-state index in [1.165, 1.54) is 5.56 Å². The monoisotopic (exact) mass is 434 g/mol. The maximum absolute atomic E-state index is 13.9. The second kappa shape index (κ2) is 8.09. The molecule has 2 aromatic carbocycles. The largest absolute Gasteiger partial charge is 0.487 e. The predicted molar refractivity (Wildman–Crippen MR) is 127 cm³/mol. The van der Waals surface area contributed by atoms with Crippen LogP contribution in [0.25, 0.3) is 0 Å². The molecule has 170 valence electrons. The van der Waals surface area contributed by atoms with Crippen molar-refractivity contribution in [1.82, 2.24) is 15.1 Å². The average molecular weight is 435 g/mol.